The minimum absolute atomic E-state index is 0.0381. The highest BCUT2D eigenvalue weighted by Crippen LogP contribution is 2.44. The number of benzene rings is 2. The second-order valence-electron chi connectivity index (χ2n) is 7.23. The van der Waals surface area contributed by atoms with Crippen LogP contribution >= 0.6 is 11.6 Å². The summed E-state index contributed by atoms with van der Waals surface area (Å²) in [6.07, 6.45) is 0. The molecule has 0 radical (unpaired) electrons. The molecule has 152 valence electrons. The molecule has 2 aromatic carbocycles. The molecule has 1 N–H and O–H groups in total. The third kappa shape index (κ3) is 3.09. The van der Waals surface area contributed by atoms with Gasteiger partial charge in [0.1, 0.15) is 5.76 Å². The number of aromatic nitrogens is 2. The highest BCUT2D eigenvalue weighted by atomic mass is 35.5. The summed E-state index contributed by atoms with van der Waals surface area (Å²) in [5, 5.41) is 16.0. The highest BCUT2D eigenvalue weighted by Gasteiger charge is 2.48. The molecule has 2 heterocycles. The van der Waals surface area contributed by atoms with Gasteiger partial charge in [0.05, 0.1) is 28.7 Å². The molecule has 1 atom stereocenters. The quantitative estimate of drug-likeness (QED) is 0.388. The molecule has 0 unspecified atom stereocenters. The van der Waals surface area contributed by atoms with E-state index in [-0.39, 0.29) is 11.3 Å². The molecule has 4 rings (SSSR count). The van der Waals surface area contributed by atoms with E-state index in [0.29, 0.717) is 27.5 Å². The molecule has 0 saturated carbocycles. The molecule has 1 aliphatic heterocycles. The second-order valence-corrected chi connectivity index (χ2v) is 7.67. The van der Waals surface area contributed by atoms with Crippen molar-refractivity contribution in [3.63, 3.8) is 0 Å². The van der Waals surface area contributed by atoms with Gasteiger partial charge in [0.15, 0.2) is 0 Å². The molecule has 7 heteroatoms. The van der Waals surface area contributed by atoms with Gasteiger partial charge in [0.25, 0.3) is 11.7 Å². The number of carbonyl (C=O) groups excluding carboxylic acids is 2. The number of aliphatic hydroxyl groups is 1. The first kappa shape index (κ1) is 19.9. The lowest BCUT2D eigenvalue weighted by Gasteiger charge is -2.25. The first-order chi connectivity index (χ1) is 14.3. The second kappa shape index (κ2) is 7.46. The lowest BCUT2D eigenvalue weighted by atomic mass is 9.95. The molecule has 1 fully saturated rings. The zero-order chi connectivity index (χ0) is 21.6. The number of hydrogen-bond acceptors (Lipinski definition) is 4. The van der Waals surface area contributed by atoms with E-state index >= 15 is 0 Å². The zero-order valence-electron chi connectivity index (χ0n) is 16.8. The van der Waals surface area contributed by atoms with Crippen LogP contribution < -0.4 is 4.90 Å². The van der Waals surface area contributed by atoms with Crippen LogP contribution in [0, 0.1) is 13.8 Å². The lowest BCUT2D eigenvalue weighted by molar-refractivity contribution is -0.132. The molecule has 3 aromatic rings. The fraction of sp³-hybridized carbons (Fsp3) is 0.174. The van der Waals surface area contributed by atoms with Crippen LogP contribution in [-0.2, 0) is 16.6 Å². The van der Waals surface area contributed by atoms with Crippen molar-refractivity contribution in [1.29, 1.82) is 0 Å². The van der Waals surface area contributed by atoms with Crippen LogP contribution in [0.15, 0.2) is 60.2 Å². The van der Waals surface area contributed by atoms with Crippen LogP contribution in [0.1, 0.15) is 28.6 Å². The molecule has 0 bridgehead atoms. The number of hydrogen-bond donors (Lipinski definition) is 1. The summed E-state index contributed by atoms with van der Waals surface area (Å²) in [6, 6.07) is 14.8. The SMILES string of the molecule is Cc1nn(C)c(C)c1N1C(=O)C(=O)C(=C(O)c2ccccc2)[C@@H]1c1ccc(Cl)cc1. The van der Waals surface area contributed by atoms with Crippen LogP contribution in [0.3, 0.4) is 0 Å². The van der Waals surface area contributed by atoms with Crippen molar-refractivity contribution in [2.24, 2.45) is 7.05 Å². The fourth-order valence-electron chi connectivity index (χ4n) is 3.89. The number of ketones is 1. The summed E-state index contributed by atoms with van der Waals surface area (Å²) in [6.45, 7) is 3.63. The van der Waals surface area contributed by atoms with E-state index < -0.39 is 17.7 Å². The number of aliphatic hydroxyl groups excluding tert-OH is 1. The Morgan fingerprint density at radius 2 is 1.67 bits per heavy atom. The van der Waals surface area contributed by atoms with Crippen molar-refractivity contribution in [1.82, 2.24) is 9.78 Å². The minimum atomic E-state index is -0.802. The Morgan fingerprint density at radius 3 is 2.23 bits per heavy atom. The third-order valence-corrected chi connectivity index (χ3v) is 5.64. The fourth-order valence-corrected chi connectivity index (χ4v) is 4.01. The standard InChI is InChI=1S/C23H20ClN3O3/c1-13-19(14(2)26(3)25-13)27-20(15-9-11-17(24)12-10-15)18(22(29)23(27)30)21(28)16-7-5-4-6-8-16/h4-12,20,28H,1-3H3/t20-/m0/s1. The molecule has 1 aromatic heterocycles. The third-order valence-electron chi connectivity index (χ3n) is 5.39. The molecule has 1 amide bonds. The van der Waals surface area contributed by atoms with Gasteiger partial charge in [-0.15, -0.1) is 0 Å². The molecular formula is C23H20ClN3O3. The number of halogens is 1. The molecule has 6 nitrogen and oxygen atoms in total. The predicted molar refractivity (Wildman–Crippen MR) is 115 cm³/mol. The Hall–Kier alpha value is -3.38. The van der Waals surface area contributed by atoms with Gasteiger partial charge in [-0.25, -0.2) is 0 Å². The van der Waals surface area contributed by atoms with Gasteiger partial charge in [-0.05, 0) is 31.5 Å². The monoisotopic (exact) mass is 421 g/mol. The van der Waals surface area contributed by atoms with E-state index in [1.54, 1.807) is 67.2 Å². The average Bonchev–Trinajstić information content (AvgIpc) is 3.14. The lowest BCUT2D eigenvalue weighted by Crippen LogP contribution is -2.30. The van der Waals surface area contributed by atoms with E-state index in [4.69, 9.17) is 11.6 Å². The average molecular weight is 422 g/mol. The van der Waals surface area contributed by atoms with Crippen molar-refractivity contribution in [2.75, 3.05) is 4.90 Å². The summed E-state index contributed by atoms with van der Waals surface area (Å²) in [5.74, 6) is -1.65. The number of aryl methyl sites for hydroxylation is 2. The Labute approximate surface area is 179 Å². The van der Waals surface area contributed by atoms with Crippen molar-refractivity contribution < 1.29 is 14.7 Å². The number of carbonyl (C=O) groups is 2. The summed E-state index contributed by atoms with van der Waals surface area (Å²) in [7, 11) is 1.78. The number of Topliss-reactive ketones (excluding diaryl/α,β-unsaturated/α-hetero) is 1. The van der Waals surface area contributed by atoms with Gasteiger partial charge in [-0.2, -0.15) is 5.10 Å². The maximum Gasteiger partial charge on any atom is 0.300 e. The smallest absolute Gasteiger partial charge is 0.300 e. The van der Waals surface area contributed by atoms with E-state index in [1.807, 2.05) is 13.0 Å². The molecule has 0 aliphatic carbocycles. The Kier molecular flexibility index (Phi) is 4.95. The first-order valence-corrected chi connectivity index (χ1v) is 9.81. The van der Waals surface area contributed by atoms with Crippen LogP contribution in [-0.4, -0.2) is 26.6 Å². The van der Waals surface area contributed by atoms with Crippen LogP contribution in [0.5, 0.6) is 0 Å². The zero-order valence-corrected chi connectivity index (χ0v) is 17.5. The number of amides is 1. The minimum Gasteiger partial charge on any atom is -0.507 e. The van der Waals surface area contributed by atoms with Gasteiger partial charge in [0, 0.05) is 17.6 Å². The van der Waals surface area contributed by atoms with E-state index in [1.165, 1.54) is 4.90 Å². The van der Waals surface area contributed by atoms with Crippen LogP contribution in [0.25, 0.3) is 5.76 Å². The molecule has 0 spiro atoms. The summed E-state index contributed by atoms with van der Waals surface area (Å²) in [5.41, 5.74) is 3.10. The number of rotatable bonds is 3. The predicted octanol–water partition coefficient (Wildman–Crippen LogP) is 4.32. The van der Waals surface area contributed by atoms with Gasteiger partial charge in [-0.1, -0.05) is 54.1 Å². The molecule has 1 saturated heterocycles. The summed E-state index contributed by atoms with van der Waals surface area (Å²) >= 11 is 6.06. The summed E-state index contributed by atoms with van der Waals surface area (Å²) < 4.78 is 1.67. The van der Waals surface area contributed by atoms with Gasteiger partial charge >= 0.3 is 0 Å². The maximum atomic E-state index is 13.2. The maximum absolute atomic E-state index is 13.2. The number of anilines is 1. The first-order valence-electron chi connectivity index (χ1n) is 9.43. The normalized spacial score (nSPS) is 18.3. The Bertz CT molecular complexity index is 1180. The highest BCUT2D eigenvalue weighted by molar-refractivity contribution is 6.51. The largest absolute Gasteiger partial charge is 0.507 e. The van der Waals surface area contributed by atoms with E-state index in [0.717, 1.165) is 5.69 Å². The molecular weight excluding hydrogens is 402 g/mol. The van der Waals surface area contributed by atoms with Crippen molar-refractivity contribution in [3.8, 4) is 0 Å². The van der Waals surface area contributed by atoms with Gasteiger partial charge in [0.2, 0.25) is 0 Å². The molecule has 30 heavy (non-hydrogen) atoms. The van der Waals surface area contributed by atoms with E-state index in [2.05, 4.69) is 5.10 Å². The van der Waals surface area contributed by atoms with Crippen molar-refractivity contribution in [3.05, 3.63) is 87.7 Å². The van der Waals surface area contributed by atoms with Gasteiger partial charge < -0.3 is 5.11 Å². The van der Waals surface area contributed by atoms with Gasteiger partial charge in [-0.3, -0.25) is 19.2 Å². The Balaban J connectivity index is 2.00. The topological polar surface area (TPSA) is 75.4 Å². The van der Waals surface area contributed by atoms with E-state index in [9.17, 15) is 14.7 Å². The number of nitrogens with zero attached hydrogens (tertiary/aromatic N) is 3. The van der Waals surface area contributed by atoms with Crippen molar-refractivity contribution >= 4 is 34.7 Å². The molecule has 1 aliphatic rings. The van der Waals surface area contributed by atoms with Crippen LogP contribution in [0.2, 0.25) is 5.02 Å². The van der Waals surface area contributed by atoms with Crippen molar-refractivity contribution in [2.45, 2.75) is 19.9 Å². The summed E-state index contributed by atoms with van der Waals surface area (Å²) in [4.78, 5) is 27.7. The Morgan fingerprint density at radius 1 is 1.03 bits per heavy atom. The van der Waals surface area contributed by atoms with Crippen LogP contribution in [0.4, 0.5) is 5.69 Å².